The third kappa shape index (κ3) is 1.14. The minimum atomic E-state index is -3.48. The highest BCUT2D eigenvalue weighted by atomic mass is 32.2. The first-order valence-electron chi connectivity index (χ1n) is 4.28. The minimum Gasteiger partial charge on any atom is -0.272 e. The molecule has 1 aliphatic heterocycles. The first-order chi connectivity index (χ1) is 6.26. The summed E-state index contributed by atoms with van der Waals surface area (Å²) in [6.07, 6.45) is 5.32. The minimum absolute atomic E-state index is 0.251. The molecular weight excluding hydrogens is 202 g/mol. The van der Waals surface area contributed by atoms with Crippen LogP contribution in [0.2, 0.25) is 0 Å². The van der Waals surface area contributed by atoms with Crippen molar-refractivity contribution in [2.45, 2.75) is 38.0 Å². The highest BCUT2D eigenvalue weighted by Crippen LogP contribution is 2.36. The van der Waals surface area contributed by atoms with E-state index in [1.165, 1.54) is 13.8 Å². The van der Waals surface area contributed by atoms with Crippen LogP contribution in [0.1, 0.15) is 27.2 Å². The first-order valence-corrected chi connectivity index (χ1v) is 5.72. The molecule has 0 N–H and O–H groups in total. The number of amides is 1. The average molecular weight is 215 g/mol. The Balaban J connectivity index is 2.98. The van der Waals surface area contributed by atoms with Crippen LogP contribution < -0.4 is 0 Å². The molecule has 1 heterocycles. The van der Waals surface area contributed by atoms with Gasteiger partial charge < -0.3 is 0 Å². The molecule has 1 aliphatic rings. The highest BCUT2D eigenvalue weighted by molar-refractivity contribution is 7.94. The molecule has 1 saturated heterocycles. The molecule has 0 bridgehead atoms. The van der Waals surface area contributed by atoms with Gasteiger partial charge in [0.15, 0.2) is 4.75 Å². The van der Waals surface area contributed by atoms with Crippen LogP contribution in [0.15, 0.2) is 0 Å². The predicted molar refractivity (Wildman–Crippen MR) is 52.8 cm³/mol. The maximum Gasteiger partial charge on any atom is 0.259 e. The van der Waals surface area contributed by atoms with Crippen molar-refractivity contribution in [2.75, 3.05) is 0 Å². The van der Waals surface area contributed by atoms with E-state index >= 15 is 0 Å². The third-order valence-corrected chi connectivity index (χ3v) is 4.94. The van der Waals surface area contributed by atoms with Gasteiger partial charge in [-0.2, -0.15) is 0 Å². The Kier molecular flexibility index (Phi) is 2.36. The molecule has 1 amide bonds. The van der Waals surface area contributed by atoms with Gasteiger partial charge in [0.2, 0.25) is 0 Å². The summed E-state index contributed by atoms with van der Waals surface area (Å²) in [5.41, 5.74) is 0. The van der Waals surface area contributed by atoms with Crippen molar-refractivity contribution < 1.29 is 13.2 Å². The summed E-state index contributed by atoms with van der Waals surface area (Å²) in [6.45, 7) is 4.44. The smallest absolute Gasteiger partial charge is 0.259 e. The SMILES string of the molecule is C#CCC(C)N1C(=O)C(C)(C)S1(=O)=O. The van der Waals surface area contributed by atoms with E-state index in [2.05, 4.69) is 5.92 Å². The molecule has 0 aliphatic carbocycles. The normalized spacial score (nSPS) is 25.0. The van der Waals surface area contributed by atoms with Gasteiger partial charge in [0.25, 0.3) is 15.9 Å². The summed E-state index contributed by atoms with van der Waals surface area (Å²) in [7, 11) is -3.48. The van der Waals surface area contributed by atoms with Crippen molar-refractivity contribution >= 4 is 15.9 Å². The van der Waals surface area contributed by atoms with Gasteiger partial charge in [0.1, 0.15) is 0 Å². The number of hydrogen-bond acceptors (Lipinski definition) is 3. The fraction of sp³-hybridized carbons (Fsp3) is 0.667. The average Bonchev–Trinajstić information content (AvgIpc) is 2.04. The molecule has 0 aromatic carbocycles. The van der Waals surface area contributed by atoms with Gasteiger partial charge in [-0.15, -0.1) is 12.3 Å². The molecule has 1 rings (SSSR count). The molecule has 0 aromatic heterocycles. The van der Waals surface area contributed by atoms with Crippen molar-refractivity contribution in [1.82, 2.24) is 4.31 Å². The van der Waals surface area contributed by atoms with Gasteiger partial charge in [-0.3, -0.25) is 4.79 Å². The molecule has 4 nitrogen and oxygen atoms in total. The lowest BCUT2D eigenvalue weighted by Gasteiger charge is -2.45. The maximum absolute atomic E-state index is 11.6. The van der Waals surface area contributed by atoms with Gasteiger partial charge in [0.05, 0.1) is 6.04 Å². The van der Waals surface area contributed by atoms with Crippen molar-refractivity contribution in [3.8, 4) is 12.3 Å². The number of sulfonamides is 1. The van der Waals surface area contributed by atoms with Crippen molar-refractivity contribution in [3.63, 3.8) is 0 Å². The van der Waals surface area contributed by atoms with E-state index < -0.39 is 20.8 Å². The van der Waals surface area contributed by atoms with E-state index in [1.54, 1.807) is 6.92 Å². The van der Waals surface area contributed by atoms with Gasteiger partial charge in [-0.05, 0) is 20.8 Å². The Morgan fingerprint density at radius 1 is 1.57 bits per heavy atom. The molecule has 1 atom stereocenters. The zero-order valence-electron chi connectivity index (χ0n) is 8.44. The summed E-state index contributed by atoms with van der Waals surface area (Å²) in [5, 5.41) is 0. The van der Waals surface area contributed by atoms with Gasteiger partial charge >= 0.3 is 0 Å². The predicted octanol–water partition coefficient (Wildman–Crippen LogP) is 0.349. The molecule has 0 saturated carbocycles. The topological polar surface area (TPSA) is 54.5 Å². The van der Waals surface area contributed by atoms with Crippen LogP contribution in [0.3, 0.4) is 0 Å². The Morgan fingerprint density at radius 3 is 2.43 bits per heavy atom. The van der Waals surface area contributed by atoms with Crippen molar-refractivity contribution in [3.05, 3.63) is 0 Å². The van der Waals surface area contributed by atoms with Gasteiger partial charge in [0, 0.05) is 6.42 Å². The molecule has 1 unspecified atom stereocenters. The van der Waals surface area contributed by atoms with Crippen LogP contribution in [0.25, 0.3) is 0 Å². The molecule has 78 valence electrons. The number of terminal acetylenes is 1. The molecule has 0 spiro atoms. The molecule has 14 heavy (non-hydrogen) atoms. The van der Waals surface area contributed by atoms with E-state index in [0.717, 1.165) is 4.31 Å². The van der Waals surface area contributed by atoms with Crippen LogP contribution in [-0.2, 0) is 14.8 Å². The van der Waals surface area contributed by atoms with E-state index in [0.29, 0.717) is 0 Å². The standard InChI is InChI=1S/C9H13NO3S/c1-5-6-7(2)10-8(11)9(3,4)14(10,12)13/h1,7H,6H2,2-4H3. The van der Waals surface area contributed by atoms with E-state index in [4.69, 9.17) is 6.42 Å². The second kappa shape index (κ2) is 2.99. The highest BCUT2D eigenvalue weighted by Gasteiger charge is 2.61. The molecule has 0 radical (unpaired) electrons. The van der Waals surface area contributed by atoms with Crippen molar-refractivity contribution in [2.24, 2.45) is 0 Å². The van der Waals surface area contributed by atoms with Crippen LogP contribution >= 0.6 is 0 Å². The summed E-state index contributed by atoms with van der Waals surface area (Å²) in [5.74, 6) is 1.97. The van der Waals surface area contributed by atoms with E-state index in [-0.39, 0.29) is 12.3 Å². The second-order valence-electron chi connectivity index (χ2n) is 3.87. The summed E-state index contributed by atoms with van der Waals surface area (Å²) in [6, 6.07) is -0.439. The van der Waals surface area contributed by atoms with Gasteiger partial charge in [-0.25, -0.2) is 12.7 Å². The van der Waals surface area contributed by atoms with Gasteiger partial charge in [-0.1, -0.05) is 0 Å². The molecular formula is C9H13NO3S. The summed E-state index contributed by atoms with van der Waals surface area (Å²) < 4.78 is 22.9. The first kappa shape index (κ1) is 11.1. The molecule has 1 fully saturated rings. The van der Waals surface area contributed by atoms with Crippen LogP contribution in [0.5, 0.6) is 0 Å². The van der Waals surface area contributed by atoms with E-state index in [9.17, 15) is 13.2 Å². The Hall–Kier alpha value is -1.02. The Bertz CT molecular complexity index is 402. The maximum atomic E-state index is 11.6. The number of nitrogens with zero attached hydrogens (tertiary/aromatic N) is 1. The van der Waals surface area contributed by atoms with Crippen LogP contribution in [0, 0.1) is 12.3 Å². The fourth-order valence-corrected chi connectivity index (χ4v) is 3.06. The third-order valence-electron chi connectivity index (χ3n) is 2.43. The number of rotatable bonds is 2. The zero-order valence-corrected chi connectivity index (χ0v) is 9.26. The zero-order chi connectivity index (χ0) is 11.1. The lowest BCUT2D eigenvalue weighted by atomic mass is 10.1. The van der Waals surface area contributed by atoms with Crippen LogP contribution in [0.4, 0.5) is 0 Å². The lowest BCUT2D eigenvalue weighted by molar-refractivity contribution is -0.133. The van der Waals surface area contributed by atoms with Crippen molar-refractivity contribution in [1.29, 1.82) is 0 Å². The lowest BCUT2D eigenvalue weighted by Crippen LogP contribution is -2.69. The number of hydrogen-bond donors (Lipinski definition) is 0. The largest absolute Gasteiger partial charge is 0.272 e. The number of carbonyl (C=O) groups is 1. The molecule has 0 aromatic rings. The summed E-state index contributed by atoms with van der Waals surface area (Å²) >= 11 is 0. The van der Waals surface area contributed by atoms with Crippen LogP contribution in [-0.4, -0.2) is 29.4 Å². The second-order valence-corrected chi connectivity index (χ2v) is 6.24. The quantitative estimate of drug-likeness (QED) is 0.624. The fourth-order valence-electron chi connectivity index (χ4n) is 1.38. The number of carbonyl (C=O) groups excluding carboxylic acids is 1. The van der Waals surface area contributed by atoms with E-state index in [1.807, 2.05) is 0 Å². The Labute approximate surface area is 84.3 Å². The Morgan fingerprint density at radius 2 is 2.07 bits per heavy atom. The monoisotopic (exact) mass is 215 g/mol. The summed E-state index contributed by atoms with van der Waals surface area (Å²) in [4.78, 5) is 11.5. The molecule has 5 heteroatoms.